The third kappa shape index (κ3) is 2.17. The smallest absolute Gasteiger partial charge is 0.225 e. The Bertz CT molecular complexity index is 499. The van der Waals surface area contributed by atoms with Crippen molar-refractivity contribution in [2.24, 2.45) is 7.05 Å². The first kappa shape index (κ1) is 10.6. The highest BCUT2D eigenvalue weighted by molar-refractivity contribution is 5.29. The topological polar surface area (TPSA) is 60.2 Å². The van der Waals surface area contributed by atoms with Gasteiger partial charge in [-0.05, 0) is 6.07 Å². The van der Waals surface area contributed by atoms with Crippen LogP contribution in [0.3, 0.4) is 0 Å². The van der Waals surface area contributed by atoms with Gasteiger partial charge in [0.15, 0.2) is 5.75 Å². The Hall–Kier alpha value is -1.95. The lowest BCUT2D eigenvalue weighted by atomic mass is 10.3. The zero-order valence-electron chi connectivity index (χ0n) is 8.59. The van der Waals surface area contributed by atoms with Crippen LogP contribution in [0, 0.1) is 5.82 Å². The molecule has 2 heterocycles. The van der Waals surface area contributed by atoms with Gasteiger partial charge in [-0.15, -0.1) is 0 Å². The van der Waals surface area contributed by atoms with Gasteiger partial charge in [-0.25, -0.2) is 9.37 Å². The molecule has 1 N–H and O–H groups in total. The van der Waals surface area contributed by atoms with Crippen molar-refractivity contribution in [3.05, 3.63) is 36.0 Å². The van der Waals surface area contributed by atoms with Crippen LogP contribution in [0.25, 0.3) is 0 Å². The van der Waals surface area contributed by atoms with Crippen LogP contribution in [0.4, 0.5) is 4.39 Å². The number of hydrogen-bond donors (Lipinski definition) is 1. The fraction of sp³-hybridized carbons (Fsp3) is 0.200. The van der Waals surface area contributed by atoms with Crippen LogP contribution in [0.15, 0.2) is 24.7 Å². The second-order valence-corrected chi connectivity index (χ2v) is 3.23. The van der Waals surface area contributed by atoms with Crippen LogP contribution in [0.5, 0.6) is 11.6 Å². The van der Waals surface area contributed by atoms with Crippen molar-refractivity contribution < 1.29 is 14.2 Å². The van der Waals surface area contributed by atoms with Crippen LogP contribution < -0.4 is 4.74 Å². The van der Waals surface area contributed by atoms with E-state index in [4.69, 9.17) is 9.84 Å². The molecule has 0 aliphatic rings. The quantitative estimate of drug-likeness (QED) is 0.850. The normalized spacial score (nSPS) is 10.4. The molecule has 84 valence electrons. The Morgan fingerprint density at radius 2 is 2.31 bits per heavy atom. The fourth-order valence-electron chi connectivity index (χ4n) is 1.24. The lowest BCUT2D eigenvalue weighted by Gasteiger charge is -2.05. The third-order valence-corrected chi connectivity index (χ3v) is 1.96. The Kier molecular flexibility index (Phi) is 2.82. The van der Waals surface area contributed by atoms with Crippen molar-refractivity contribution in [1.29, 1.82) is 0 Å². The van der Waals surface area contributed by atoms with E-state index in [0.717, 1.165) is 6.20 Å². The molecule has 16 heavy (non-hydrogen) atoms. The number of aromatic nitrogens is 3. The summed E-state index contributed by atoms with van der Waals surface area (Å²) in [6.45, 7) is -0.333. The van der Waals surface area contributed by atoms with E-state index >= 15 is 0 Å². The Balaban J connectivity index is 2.27. The minimum atomic E-state index is -0.511. The van der Waals surface area contributed by atoms with Gasteiger partial charge in [-0.1, -0.05) is 0 Å². The van der Waals surface area contributed by atoms with Crippen LogP contribution in [0.1, 0.15) is 5.56 Å². The standard InChI is InChI=1S/C10H10FN3O2/c1-14-5-9(4-13-14)16-10-7(6-15)2-8(11)3-12-10/h2-5,15H,6H2,1H3. The third-order valence-electron chi connectivity index (χ3n) is 1.96. The lowest BCUT2D eigenvalue weighted by molar-refractivity contribution is 0.274. The largest absolute Gasteiger partial charge is 0.435 e. The summed E-state index contributed by atoms with van der Waals surface area (Å²) in [5, 5.41) is 12.9. The van der Waals surface area contributed by atoms with Gasteiger partial charge in [0, 0.05) is 12.6 Å². The van der Waals surface area contributed by atoms with Crippen LogP contribution in [-0.2, 0) is 13.7 Å². The number of hydrogen-bond acceptors (Lipinski definition) is 4. The molecule has 0 amide bonds. The number of halogens is 1. The summed E-state index contributed by atoms with van der Waals surface area (Å²) in [6, 6.07) is 1.18. The monoisotopic (exact) mass is 223 g/mol. The Morgan fingerprint density at radius 1 is 1.50 bits per heavy atom. The van der Waals surface area contributed by atoms with E-state index in [1.54, 1.807) is 17.9 Å². The molecule has 5 nitrogen and oxygen atoms in total. The molecule has 6 heteroatoms. The van der Waals surface area contributed by atoms with E-state index in [-0.39, 0.29) is 12.5 Å². The molecule has 0 fully saturated rings. The maximum absolute atomic E-state index is 12.8. The first-order valence-electron chi connectivity index (χ1n) is 4.61. The Labute approximate surface area is 91.1 Å². The maximum atomic E-state index is 12.8. The summed E-state index contributed by atoms with van der Waals surface area (Å²) < 4.78 is 19.8. The average molecular weight is 223 g/mol. The minimum Gasteiger partial charge on any atom is -0.435 e. The van der Waals surface area contributed by atoms with E-state index in [1.165, 1.54) is 12.3 Å². The van der Waals surface area contributed by atoms with E-state index in [9.17, 15) is 4.39 Å². The first-order chi connectivity index (χ1) is 7.69. The molecule has 2 rings (SSSR count). The number of rotatable bonds is 3. The highest BCUT2D eigenvalue weighted by Gasteiger charge is 2.08. The number of pyridine rings is 1. The summed E-state index contributed by atoms with van der Waals surface area (Å²) in [5.41, 5.74) is 0.295. The van der Waals surface area contributed by atoms with Gasteiger partial charge in [0.25, 0.3) is 0 Å². The molecular weight excluding hydrogens is 213 g/mol. The number of ether oxygens (including phenoxy) is 1. The maximum Gasteiger partial charge on any atom is 0.225 e. The Morgan fingerprint density at radius 3 is 2.94 bits per heavy atom. The van der Waals surface area contributed by atoms with Gasteiger partial charge >= 0.3 is 0 Å². The highest BCUT2D eigenvalue weighted by Crippen LogP contribution is 2.22. The molecule has 0 aliphatic carbocycles. The summed E-state index contributed by atoms with van der Waals surface area (Å²) in [4.78, 5) is 3.76. The van der Waals surface area contributed by atoms with Gasteiger partial charge in [0.05, 0.1) is 25.2 Å². The van der Waals surface area contributed by atoms with Gasteiger partial charge in [-0.3, -0.25) is 4.68 Å². The molecule has 2 aromatic heterocycles. The van der Waals surface area contributed by atoms with E-state index in [0.29, 0.717) is 11.3 Å². The molecule has 0 bridgehead atoms. The van der Waals surface area contributed by atoms with Gasteiger partial charge in [0.2, 0.25) is 5.88 Å². The van der Waals surface area contributed by atoms with E-state index in [1.807, 2.05) is 0 Å². The second kappa shape index (κ2) is 4.28. The predicted octanol–water partition coefficient (Wildman–Crippen LogP) is 1.24. The number of nitrogens with zero attached hydrogens (tertiary/aromatic N) is 3. The van der Waals surface area contributed by atoms with Crippen molar-refractivity contribution in [3.63, 3.8) is 0 Å². The minimum absolute atomic E-state index is 0.178. The van der Waals surface area contributed by atoms with Crippen molar-refractivity contribution in [2.75, 3.05) is 0 Å². The van der Waals surface area contributed by atoms with Crippen LogP contribution in [0.2, 0.25) is 0 Å². The molecule has 0 aromatic carbocycles. The predicted molar refractivity (Wildman–Crippen MR) is 53.4 cm³/mol. The van der Waals surface area contributed by atoms with Gasteiger partial charge in [-0.2, -0.15) is 5.10 Å². The average Bonchev–Trinajstić information content (AvgIpc) is 2.67. The highest BCUT2D eigenvalue weighted by atomic mass is 19.1. The molecule has 2 aromatic rings. The zero-order chi connectivity index (χ0) is 11.5. The number of aryl methyl sites for hydroxylation is 1. The molecular formula is C10H10FN3O2. The molecule has 0 aliphatic heterocycles. The van der Waals surface area contributed by atoms with Crippen molar-refractivity contribution >= 4 is 0 Å². The second-order valence-electron chi connectivity index (χ2n) is 3.23. The van der Waals surface area contributed by atoms with E-state index < -0.39 is 5.82 Å². The van der Waals surface area contributed by atoms with Crippen LogP contribution in [-0.4, -0.2) is 19.9 Å². The lowest BCUT2D eigenvalue weighted by Crippen LogP contribution is -1.95. The summed E-state index contributed by atoms with van der Waals surface area (Å²) in [7, 11) is 1.75. The SMILES string of the molecule is Cn1cc(Oc2ncc(F)cc2CO)cn1. The molecule has 0 unspecified atom stereocenters. The van der Waals surface area contributed by atoms with E-state index in [2.05, 4.69) is 10.1 Å². The van der Waals surface area contributed by atoms with Crippen molar-refractivity contribution in [1.82, 2.24) is 14.8 Å². The van der Waals surface area contributed by atoms with Gasteiger partial charge < -0.3 is 9.84 Å². The summed E-state index contributed by atoms with van der Waals surface area (Å²) >= 11 is 0. The first-order valence-corrected chi connectivity index (χ1v) is 4.61. The zero-order valence-corrected chi connectivity index (χ0v) is 8.59. The fourth-order valence-corrected chi connectivity index (χ4v) is 1.24. The molecule has 0 radical (unpaired) electrons. The number of aliphatic hydroxyl groups is 1. The molecule has 0 atom stereocenters. The van der Waals surface area contributed by atoms with Gasteiger partial charge in [0.1, 0.15) is 5.82 Å². The molecule has 0 saturated heterocycles. The molecule has 0 saturated carbocycles. The van der Waals surface area contributed by atoms with Crippen molar-refractivity contribution in [3.8, 4) is 11.6 Å². The summed E-state index contributed by atoms with van der Waals surface area (Å²) in [6.07, 6.45) is 4.18. The molecule has 0 spiro atoms. The van der Waals surface area contributed by atoms with Crippen molar-refractivity contribution in [2.45, 2.75) is 6.61 Å². The summed E-state index contributed by atoms with van der Waals surface area (Å²) in [5.74, 6) is 0.149. The van der Waals surface area contributed by atoms with Crippen LogP contribution >= 0.6 is 0 Å². The number of aliphatic hydroxyl groups excluding tert-OH is 1.